The van der Waals surface area contributed by atoms with Gasteiger partial charge in [0.05, 0.1) is 11.2 Å². The van der Waals surface area contributed by atoms with E-state index in [1.807, 2.05) is 32.6 Å². The zero-order valence-corrected chi connectivity index (χ0v) is 10.9. The summed E-state index contributed by atoms with van der Waals surface area (Å²) < 4.78 is 5.93. The van der Waals surface area contributed by atoms with Gasteiger partial charge < -0.3 is 15.4 Å². The van der Waals surface area contributed by atoms with Crippen LogP contribution in [0.3, 0.4) is 0 Å². The molecule has 0 spiro atoms. The average molecular weight is 228 g/mol. The summed E-state index contributed by atoms with van der Waals surface area (Å²) >= 11 is 0. The van der Waals surface area contributed by atoms with Crippen LogP contribution in [-0.2, 0) is 9.53 Å². The predicted molar refractivity (Wildman–Crippen MR) is 64.1 cm³/mol. The summed E-state index contributed by atoms with van der Waals surface area (Å²) in [5.41, 5.74) is 4.89. The number of rotatable bonds is 3. The fourth-order valence-electron chi connectivity index (χ4n) is 2.38. The zero-order chi connectivity index (χ0) is 12.4. The smallest absolute Gasteiger partial charge is 0.222 e. The van der Waals surface area contributed by atoms with E-state index in [9.17, 15) is 4.79 Å². The normalized spacial score (nSPS) is 23.2. The van der Waals surface area contributed by atoms with E-state index in [1.165, 1.54) is 0 Å². The molecule has 0 atom stereocenters. The molecule has 0 unspecified atom stereocenters. The molecular weight excluding hydrogens is 204 g/mol. The van der Waals surface area contributed by atoms with Crippen LogP contribution in [-0.4, -0.2) is 41.6 Å². The largest absolute Gasteiger partial charge is 0.366 e. The van der Waals surface area contributed by atoms with Crippen molar-refractivity contribution in [3.8, 4) is 0 Å². The van der Waals surface area contributed by atoms with Crippen molar-refractivity contribution in [2.45, 2.75) is 51.7 Å². The quantitative estimate of drug-likeness (QED) is 0.788. The van der Waals surface area contributed by atoms with Crippen molar-refractivity contribution in [1.82, 2.24) is 4.90 Å². The minimum absolute atomic E-state index is 0.190. The molecule has 4 nitrogen and oxygen atoms in total. The topological polar surface area (TPSA) is 55.6 Å². The Kier molecular flexibility index (Phi) is 3.97. The Morgan fingerprint density at radius 2 is 1.75 bits per heavy atom. The molecule has 0 aromatic heterocycles. The molecule has 1 rings (SSSR count). The highest BCUT2D eigenvalue weighted by molar-refractivity contribution is 5.76. The van der Waals surface area contributed by atoms with Gasteiger partial charge in [0, 0.05) is 19.5 Å². The monoisotopic (exact) mass is 228 g/mol. The van der Waals surface area contributed by atoms with Gasteiger partial charge in [0.2, 0.25) is 5.91 Å². The van der Waals surface area contributed by atoms with Crippen LogP contribution >= 0.6 is 0 Å². The molecular formula is C12H24N2O2. The first-order chi connectivity index (χ1) is 7.26. The van der Waals surface area contributed by atoms with Crippen molar-refractivity contribution >= 4 is 5.91 Å². The lowest BCUT2D eigenvalue weighted by molar-refractivity contribution is -0.188. The maximum atomic E-state index is 11.9. The molecule has 4 heteroatoms. The number of morpholine rings is 1. The van der Waals surface area contributed by atoms with Crippen molar-refractivity contribution < 1.29 is 9.53 Å². The number of nitrogens with two attached hydrogens (primary N) is 1. The first-order valence-corrected chi connectivity index (χ1v) is 5.94. The van der Waals surface area contributed by atoms with Gasteiger partial charge in [0.25, 0.3) is 0 Å². The fourth-order valence-corrected chi connectivity index (χ4v) is 2.38. The molecule has 2 N–H and O–H groups in total. The molecule has 16 heavy (non-hydrogen) atoms. The number of carbonyl (C=O) groups is 1. The highest BCUT2D eigenvalue weighted by Gasteiger charge is 2.39. The SMILES string of the molecule is CC1(C)CN(C(=O)CCCN)CC(C)(C)O1. The number of nitrogens with zero attached hydrogens (tertiary/aromatic N) is 1. The number of carbonyl (C=O) groups excluding carboxylic acids is 1. The van der Waals surface area contributed by atoms with E-state index in [0.717, 1.165) is 6.42 Å². The third kappa shape index (κ3) is 3.76. The maximum absolute atomic E-state index is 11.9. The van der Waals surface area contributed by atoms with Gasteiger partial charge in [0.15, 0.2) is 0 Å². The van der Waals surface area contributed by atoms with E-state index in [4.69, 9.17) is 10.5 Å². The van der Waals surface area contributed by atoms with Gasteiger partial charge >= 0.3 is 0 Å². The summed E-state index contributed by atoms with van der Waals surface area (Å²) in [4.78, 5) is 13.8. The molecule has 1 saturated heterocycles. The molecule has 1 amide bonds. The second-order valence-corrected chi connectivity index (χ2v) is 5.76. The van der Waals surface area contributed by atoms with Crippen molar-refractivity contribution in [3.63, 3.8) is 0 Å². The van der Waals surface area contributed by atoms with Crippen molar-refractivity contribution in [2.24, 2.45) is 5.73 Å². The fraction of sp³-hybridized carbons (Fsp3) is 0.917. The van der Waals surface area contributed by atoms with E-state index >= 15 is 0 Å². The first kappa shape index (κ1) is 13.5. The van der Waals surface area contributed by atoms with Crippen LogP contribution in [0.1, 0.15) is 40.5 Å². The lowest BCUT2D eigenvalue weighted by Gasteiger charge is -2.47. The lowest BCUT2D eigenvalue weighted by Crippen LogP contribution is -2.58. The van der Waals surface area contributed by atoms with E-state index in [2.05, 4.69) is 0 Å². The van der Waals surface area contributed by atoms with Crippen molar-refractivity contribution in [1.29, 1.82) is 0 Å². The Labute approximate surface area is 98.1 Å². The number of amides is 1. The Balaban J connectivity index is 2.63. The first-order valence-electron chi connectivity index (χ1n) is 5.94. The highest BCUT2D eigenvalue weighted by Crippen LogP contribution is 2.28. The van der Waals surface area contributed by atoms with Gasteiger partial charge in [-0.3, -0.25) is 4.79 Å². The number of hydrogen-bond acceptors (Lipinski definition) is 3. The summed E-state index contributed by atoms with van der Waals surface area (Å²) in [6.07, 6.45) is 1.31. The summed E-state index contributed by atoms with van der Waals surface area (Å²) in [5.74, 6) is 0.190. The molecule has 1 aliphatic heterocycles. The van der Waals surface area contributed by atoms with Gasteiger partial charge in [-0.05, 0) is 40.7 Å². The summed E-state index contributed by atoms with van der Waals surface area (Å²) in [5, 5.41) is 0. The Bertz CT molecular complexity index is 246. The second kappa shape index (κ2) is 4.72. The molecule has 0 radical (unpaired) electrons. The van der Waals surface area contributed by atoms with Crippen LogP contribution in [0.2, 0.25) is 0 Å². The van der Waals surface area contributed by atoms with Gasteiger partial charge in [-0.25, -0.2) is 0 Å². The van der Waals surface area contributed by atoms with Crippen molar-refractivity contribution in [2.75, 3.05) is 19.6 Å². The Morgan fingerprint density at radius 1 is 1.25 bits per heavy atom. The number of hydrogen-bond donors (Lipinski definition) is 1. The van der Waals surface area contributed by atoms with Crippen LogP contribution in [0.4, 0.5) is 0 Å². The summed E-state index contributed by atoms with van der Waals surface area (Å²) in [6.45, 7) is 10.0. The molecule has 0 saturated carbocycles. The van der Waals surface area contributed by atoms with Crippen LogP contribution in [0, 0.1) is 0 Å². The van der Waals surface area contributed by atoms with E-state index in [1.54, 1.807) is 0 Å². The van der Waals surface area contributed by atoms with Gasteiger partial charge in [-0.1, -0.05) is 0 Å². The van der Waals surface area contributed by atoms with Crippen LogP contribution in [0.25, 0.3) is 0 Å². The van der Waals surface area contributed by atoms with Crippen LogP contribution in [0.5, 0.6) is 0 Å². The standard InChI is InChI=1S/C12H24N2O2/c1-11(2)8-14(9-12(3,4)16-11)10(15)6-5-7-13/h5-9,13H2,1-4H3. The molecule has 0 aromatic rings. The lowest BCUT2D eigenvalue weighted by atomic mass is 9.98. The molecule has 1 heterocycles. The van der Waals surface area contributed by atoms with E-state index in [0.29, 0.717) is 26.1 Å². The molecule has 0 bridgehead atoms. The van der Waals surface area contributed by atoms with Gasteiger partial charge in [0.1, 0.15) is 0 Å². The van der Waals surface area contributed by atoms with E-state index < -0.39 is 0 Å². The Morgan fingerprint density at radius 3 is 2.19 bits per heavy atom. The third-order valence-electron chi connectivity index (χ3n) is 2.64. The molecule has 94 valence electrons. The number of ether oxygens (including phenoxy) is 1. The van der Waals surface area contributed by atoms with Crippen LogP contribution < -0.4 is 5.73 Å². The van der Waals surface area contributed by atoms with Crippen molar-refractivity contribution in [3.05, 3.63) is 0 Å². The molecule has 1 fully saturated rings. The third-order valence-corrected chi connectivity index (χ3v) is 2.64. The van der Waals surface area contributed by atoms with E-state index in [-0.39, 0.29) is 17.1 Å². The predicted octanol–water partition coefficient (Wildman–Crippen LogP) is 1.14. The average Bonchev–Trinajstić information content (AvgIpc) is 2.09. The second-order valence-electron chi connectivity index (χ2n) is 5.76. The highest BCUT2D eigenvalue weighted by atomic mass is 16.5. The zero-order valence-electron chi connectivity index (χ0n) is 10.9. The van der Waals surface area contributed by atoms with Crippen LogP contribution in [0.15, 0.2) is 0 Å². The van der Waals surface area contributed by atoms with Gasteiger partial charge in [-0.2, -0.15) is 0 Å². The summed E-state index contributed by atoms with van der Waals surface area (Å²) in [6, 6.07) is 0. The summed E-state index contributed by atoms with van der Waals surface area (Å²) in [7, 11) is 0. The van der Waals surface area contributed by atoms with Gasteiger partial charge in [-0.15, -0.1) is 0 Å². The Hall–Kier alpha value is -0.610. The minimum atomic E-state index is -0.264. The molecule has 1 aliphatic rings. The maximum Gasteiger partial charge on any atom is 0.222 e. The molecule has 0 aromatic carbocycles. The minimum Gasteiger partial charge on any atom is -0.366 e. The molecule has 0 aliphatic carbocycles.